The molecule has 2 aliphatic rings. The average Bonchev–Trinajstić information content (AvgIpc) is 2.26. The number of nitrogens with two attached hydrogens (primary N) is 1. The highest BCUT2D eigenvalue weighted by Crippen LogP contribution is 2.29. The predicted octanol–water partition coefficient (Wildman–Crippen LogP) is 0.995. The fraction of sp³-hybridized carbons (Fsp3) is 0.846. The summed E-state index contributed by atoms with van der Waals surface area (Å²) in [4.78, 5) is 16.9. The van der Waals surface area contributed by atoms with Gasteiger partial charge in [-0.3, -0.25) is 9.69 Å². The monoisotopic (exact) mass is 269 g/mol. The van der Waals surface area contributed by atoms with Crippen LogP contribution >= 0.6 is 12.2 Å². The number of carbonyl (C=O) groups excluding carboxylic acids is 1. The Morgan fingerprint density at radius 1 is 1.22 bits per heavy atom. The molecule has 1 aliphatic carbocycles. The molecule has 0 aromatic rings. The molecule has 0 radical (unpaired) electrons. The van der Waals surface area contributed by atoms with Gasteiger partial charge in [0, 0.05) is 32.1 Å². The van der Waals surface area contributed by atoms with Gasteiger partial charge in [-0.15, -0.1) is 0 Å². The van der Waals surface area contributed by atoms with Crippen LogP contribution in [0.4, 0.5) is 0 Å². The largest absolute Gasteiger partial charge is 0.392 e. The lowest BCUT2D eigenvalue weighted by atomic mass is 9.84. The molecule has 0 aromatic heterocycles. The summed E-state index contributed by atoms with van der Waals surface area (Å²) in [5, 5.41) is 0. The van der Waals surface area contributed by atoms with Crippen molar-refractivity contribution in [3.63, 3.8) is 0 Å². The first-order chi connectivity index (χ1) is 8.43. The molecule has 2 fully saturated rings. The molecule has 1 heterocycles. The Balaban J connectivity index is 1.87. The zero-order valence-electron chi connectivity index (χ0n) is 11.3. The number of thiocarbonyl (C=S) groups is 1. The number of hydrogen-bond acceptors (Lipinski definition) is 3. The number of amides is 1. The van der Waals surface area contributed by atoms with E-state index in [0.717, 1.165) is 39.0 Å². The van der Waals surface area contributed by atoms with Crippen molar-refractivity contribution in [1.29, 1.82) is 0 Å². The van der Waals surface area contributed by atoms with Crippen LogP contribution in [0.5, 0.6) is 0 Å². The molecule has 1 aliphatic heterocycles. The number of carbonyl (C=O) groups is 1. The summed E-state index contributed by atoms with van der Waals surface area (Å²) in [6, 6.07) is 0. The van der Waals surface area contributed by atoms with Gasteiger partial charge in [-0.1, -0.05) is 18.6 Å². The van der Waals surface area contributed by atoms with Crippen molar-refractivity contribution >= 4 is 23.1 Å². The van der Waals surface area contributed by atoms with Crippen LogP contribution in [0.1, 0.15) is 33.1 Å². The second-order valence-electron chi connectivity index (χ2n) is 5.86. The minimum Gasteiger partial charge on any atom is -0.392 e. The van der Waals surface area contributed by atoms with Crippen LogP contribution in [0.2, 0.25) is 0 Å². The van der Waals surface area contributed by atoms with Crippen LogP contribution in [-0.2, 0) is 4.79 Å². The van der Waals surface area contributed by atoms with Crippen LogP contribution in [0, 0.1) is 5.92 Å². The first-order valence-corrected chi connectivity index (χ1v) is 7.17. The zero-order valence-corrected chi connectivity index (χ0v) is 12.1. The third-order valence-corrected chi connectivity index (χ3v) is 4.94. The van der Waals surface area contributed by atoms with E-state index < -0.39 is 0 Å². The Labute approximate surface area is 114 Å². The van der Waals surface area contributed by atoms with Crippen molar-refractivity contribution in [2.75, 3.05) is 26.2 Å². The van der Waals surface area contributed by atoms with E-state index in [1.807, 2.05) is 4.90 Å². The maximum absolute atomic E-state index is 12.1. The number of rotatable bonds is 3. The maximum Gasteiger partial charge on any atom is 0.225 e. The van der Waals surface area contributed by atoms with E-state index in [4.69, 9.17) is 18.0 Å². The number of nitrogens with zero attached hydrogens (tertiary/aromatic N) is 2. The predicted molar refractivity (Wildman–Crippen MR) is 76.4 cm³/mol. The Hall–Kier alpha value is -0.680. The fourth-order valence-electron chi connectivity index (χ4n) is 2.56. The first kappa shape index (κ1) is 13.7. The SMILES string of the molecule is CC(C)(C(N)=S)N1CCN(C(=O)C2CCC2)CC1. The van der Waals surface area contributed by atoms with Crippen LogP contribution < -0.4 is 5.73 Å². The van der Waals surface area contributed by atoms with Crippen molar-refractivity contribution in [3.8, 4) is 0 Å². The molecule has 0 atom stereocenters. The number of piperazine rings is 1. The van der Waals surface area contributed by atoms with E-state index in [9.17, 15) is 4.79 Å². The van der Waals surface area contributed by atoms with E-state index in [-0.39, 0.29) is 5.54 Å². The molecule has 102 valence electrons. The fourth-order valence-corrected chi connectivity index (χ4v) is 2.68. The van der Waals surface area contributed by atoms with Gasteiger partial charge in [0.05, 0.1) is 10.5 Å². The van der Waals surface area contributed by atoms with Gasteiger partial charge in [0.15, 0.2) is 0 Å². The van der Waals surface area contributed by atoms with Crippen LogP contribution in [0.15, 0.2) is 0 Å². The second-order valence-corrected chi connectivity index (χ2v) is 6.30. The molecule has 1 saturated carbocycles. The molecule has 0 unspecified atom stereocenters. The molecule has 1 amide bonds. The summed E-state index contributed by atoms with van der Waals surface area (Å²) in [5.74, 6) is 0.661. The van der Waals surface area contributed by atoms with Gasteiger partial charge >= 0.3 is 0 Å². The lowest BCUT2D eigenvalue weighted by Crippen LogP contribution is -2.60. The minimum absolute atomic E-state index is 0.249. The molecule has 1 saturated heterocycles. The normalized spacial score (nSPS) is 22.7. The quantitative estimate of drug-likeness (QED) is 0.777. The van der Waals surface area contributed by atoms with Crippen molar-refractivity contribution in [1.82, 2.24) is 9.80 Å². The van der Waals surface area contributed by atoms with Gasteiger partial charge in [-0.2, -0.15) is 0 Å². The first-order valence-electron chi connectivity index (χ1n) is 6.76. The zero-order chi connectivity index (χ0) is 13.3. The van der Waals surface area contributed by atoms with E-state index in [1.165, 1.54) is 6.42 Å². The highest BCUT2D eigenvalue weighted by Gasteiger charge is 2.35. The average molecular weight is 269 g/mol. The topological polar surface area (TPSA) is 49.6 Å². The van der Waals surface area contributed by atoms with Gasteiger partial charge in [0.2, 0.25) is 5.91 Å². The molecule has 0 spiro atoms. The number of hydrogen-bond donors (Lipinski definition) is 1. The van der Waals surface area contributed by atoms with Crippen LogP contribution in [0.3, 0.4) is 0 Å². The van der Waals surface area contributed by atoms with Crippen molar-refractivity contribution < 1.29 is 4.79 Å². The van der Waals surface area contributed by atoms with Gasteiger partial charge in [0.1, 0.15) is 0 Å². The molecule has 0 bridgehead atoms. The Morgan fingerprint density at radius 2 is 1.78 bits per heavy atom. The summed E-state index contributed by atoms with van der Waals surface area (Å²) in [5.41, 5.74) is 5.53. The maximum atomic E-state index is 12.1. The Bertz CT molecular complexity index is 344. The smallest absolute Gasteiger partial charge is 0.225 e. The van der Waals surface area contributed by atoms with Gasteiger partial charge in [-0.05, 0) is 26.7 Å². The lowest BCUT2D eigenvalue weighted by Gasteiger charge is -2.44. The summed E-state index contributed by atoms with van der Waals surface area (Å²) < 4.78 is 0. The third-order valence-electron chi connectivity index (χ3n) is 4.44. The summed E-state index contributed by atoms with van der Waals surface area (Å²) in [6.45, 7) is 7.45. The van der Waals surface area contributed by atoms with Gasteiger partial charge in [-0.25, -0.2) is 0 Å². The Morgan fingerprint density at radius 3 is 2.17 bits per heavy atom. The summed E-state index contributed by atoms with van der Waals surface area (Å²) in [7, 11) is 0. The van der Waals surface area contributed by atoms with Crippen LogP contribution in [0.25, 0.3) is 0 Å². The van der Waals surface area contributed by atoms with Crippen molar-refractivity contribution in [2.24, 2.45) is 11.7 Å². The van der Waals surface area contributed by atoms with Gasteiger partial charge < -0.3 is 10.6 Å². The van der Waals surface area contributed by atoms with Gasteiger partial charge in [0.25, 0.3) is 0 Å². The molecule has 4 nitrogen and oxygen atoms in total. The van der Waals surface area contributed by atoms with Crippen molar-refractivity contribution in [3.05, 3.63) is 0 Å². The Kier molecular flexibility index (Phi) is 3.92. The molecule has 5 heteroatoms. The molecular weight excluding hydrogens is 246 g/mol. The highest BCUT2D eigenvalue weighted by molar-refractivity contribution is 7.80. The molecular formula is C13H23N3OS. The van der Waals surface area contributed by atoms with E-state index >= 15 is 0 Å². The highest BCUT2D eigenvalue weighted by atomic mass is 32.1. The summed E-state index contributed by atoms with van der Waals surface area (Å²) >= 11 is 5.12. The van der Waals surface area contributed by atoms with E-state index in [0.29, 0.717) is 16.8 Å². The summed E-state index contributed by atoms with van der Waals surface area (Å²) in [6.07, 6.45) is 3.37. The molecule has 2 N–H and O–H groups in total. The molecule has 18 heavy (non-hydrogen) atoms. The molecule has 0 aromatic carbocycles. The third kappa shape index (κ3) is 2.52. The van der Waals surface area contributed by atoms with E-state index in [2.05, 4.69) is 18.7 Å². The lowest BCUT2D eigenvalue weighted by molar-refractivity contribution is -0.140. The van der Waals surface area contributed by atoms with Crippen LogP contribution in [-0.4, -0.2) is 52.4 Å². The van der Waals surface area contributed by atoms with Crippen molar-refractivity contribution in [2.45, 2.75) is 38.6 Å². The molecule has 2 rings (SSSR count). The second kappa shape index (κ2) is 5.13. The van der Waals surface area contributed by atoms with E-state index in [1.54, 1.807) is 0 Å². The standard InChI is InChI=1S/C13H23N3OS/c1-13(2,12(14)18)16-8-6-15(7-9-16)11(17)10-4-3-5-10/h10H,3-9H2,1-2H3,(H2,14,18). The minimum atomic E-state index is -0.249.